The van der Waals surface area contributed by atoms with Crippen LogP contribution < -0.4 is 5.30 Å². The summed E-state index contributed by atoms with van der Waals surface area (Å²) in [5.74, 6) is 1.62. The first-order chi connectivity index (χ1) is 6.61. The summed E-state index contributed by atoms with van der Waals surface area (Å²) in [6.07, 6.45) is 0. The summed E-state index contributed by atoms with van der Waals surface area (Å²) >= 11 is 0. The molecule has 74 valence electrons. The number of aryl methyl sites for hydroxylation is 1. The molecule has 0 bridgehead atoms. The molecule has 1 heterocycles. The maximum atomic E-state index is 4.65. The van der Waals surface area contributed by atoms with E-state index in [0.29, 0.717) is 5.92 Å². The number of hydrogen-bond acceptors (Lipinski definition) is 1. The fourth-order valence-corrected chi connectivity index (χ4v) is 2.09. The number of hydrogen-bond donors (Lipinski definition) is 0. The average Bonchev–Trinajstić information content (AvgIpc) is 2.46. The van der Waals surface area contributed by atoms with Crippen molar-refractivity contribution in [2.45, 2.75) is 19.8 Å². The van der Waals surface area contributed by atoms with Crippen LogP contribution in [0.4, 0.5) is 0 Å². The zero-order valence-corrected chi connectivity index (χ0v) is 9.94. The lowest BCUT2D eigenvalue weighted by Crippen LogP contribution is -1.99. The summed E-state index contributed by atoms with van der Waals surface area (Å²) in [5.41, 5.74) is 2.31. The molecule has 0 aliphatic carbocycles. The molecule has 0 fully saturated rings. The highest BCUT2D eigenvalue weighted by atomic mass is 31.0. The molecule has 1 aromatic carbocycles. The summed E-state index contributed by atoms with van der Waals surface area (Å²) < 4.78 is 2.17. The Bertz CT molecular complexity index is 471. The summed E-state index contributed by atoms with van der Waals surface area (Å²) in [5, 5.41) is 1.17. The third kappa shape index (κ3) is 1.34. The summed E-state index contributed by atoms with van der Waals surface area (Å²) in [6.45, 7) is 4.34. The first kappa shape index (κ1) is 9.67. The first-order valence-corrected chi connectivity index (χ1v) is 5.40. The molecule has 0 spiro atoms. The standard InChI is InChI=1S/C11H15N2P/c1-7(2)11-12-10-8(13(11)3)5-4-6-9(10)14/h4-7H,14H2,1-3H3. The van der Waals surface area contributed by atoms with Gasteiger partial charge in [-0.2, -0.15) is 0 Å². The Balaban J connectivity index is 2.80. The lowest BCUT2D eigenvalue weighted by molar-refractivity contribution is 0.722. The molecule has 0 aliphatic heterocycles. The van der Waals surface area contributed by atoms with E-state index in [2.05, 4.69) is 57.9 Å². The predicted molar refractivity (Wildman–Crippen MR) is 64.1 cm³/mol. The molecule has 14 heavy (non-hydrogen) atoms. The lowest BCUT2D eigenvalue weighted by atomic mass is 10.2. The van der Waals surface area contributed by atoms with Crippen molar-refractivity contribution in [3.63, 3.8) is 0 Å². The van der Waals surface area contributed by atoms with E-state index in [9.17, 15) is 0 Å². The molecule has 1 unspecified atom stereocenters. The third-order valence-corrected chi connectivity index (χ3v) is 2.96. The lowest BCUT2D eigenvalue weighted by Gasteiger charge is -2.04. The van der Waals surface area contributed by atoms with Gasteiger partial charge in [-0.3, -0.25) is 0 Å². The highest BCUT2D eigenvalue weighted by molar-refractivity contribution is 7.28. The van der Waals surface area contributed by atoms with Crippen LogP contribution in [0.15, 0.2) is 18.2 Å². The Morgan fingerprint density at radius 2 is 2.07 bits per heavy atom. The van der Waals surface area contributed by atoms with Gasteiger partial charge in [-0.1, -0.05) is 26.0 Å². The zero-order valence-electron chi connectivity index (χ0n) is 8.78. The SMILES string of the molecule is CC(C)c1nc2c(P)cccc2n1C. The normalized spacial score (nSPS) is 11.5. The molecule has 0 saturated heterocycles. The second-order valence-corrected chi connectivity index (χ2v) is 4.52. The Morgan fingerprint density at radius 3 is 2.64 bits per heavy atom. The average molecular weight is 206 g/mol. The molecule has 0 amide bonds. The van der Waals surface area contributed by atoms with Crippen molar-refractivity contribution >= 4 is 25.6 Å². The Labute approximate surface area is 86.5 Å². The molecule has 0 radical (unpaired) electrons. The molecule has 3 heteroatoms. The molecule has 0 N–H and O–H groups in total. The van der Waals surface area contributed by atoms with Gasteiger partial charge in [-0.05, 0) is 11.4 Å². The second-order valence-electron chi connectivity index (χ2n) is 3.90. The van der Waals surface area contributed by atoms with Gasteiger partial charge in [0.1, 0.15) is 5.82 Å². The Morgan fingerprint density at radius 1 is 1.36 bits per heavy atom. The van der Waals surface area contributed by atoms with Gasteiger partial charge in [0.05, 0.1) is 11.0 Å². The summed E-state index contributed by atoms with van der Waals surface area (Å²) in [7, 11) is 4.81. The van der Waals surface area contributed by atoms with Crippen LogP contribution in [0.5, 0.6) is 0 Å². The van der Waals surface area contributed by atoms with Crippen LogP contribution in [0.3, 0.4) is 0 Å². The number of para-hydroxylation sites is 1. The van der Waals surface area contributed by atoms with E-state index in [4.69, 9.17) is 0 Å². The largest absolute Gasteiger partial charge is 0.331 e. The second kappa shape index (κ2) is 3.36. The van der Waals surface area contributed by atoms with Crippen molar-refractivity contribution < 1.29 is 0 Å². The number of rotatable bonds is 1. The van der Waals surface area contributed by atoms with Crippen molar-refractivity contribution in [2.75, 3.05) is 0 Å². The summed E-state index contributed by atoms with van der Waals surface area (Å²) in [6, 6.07) is 6.25. The summed E-state index contributed by atoms with van der Waals surface area (Å²) in [4.78, 5) is 4.65. The van der Waals surface area contributed by atoms with Crippen LogP contribution >= 0.6 is 9.24 Å². The van der Waals surface area contributed by atoms with E-state index in [1.807, 2.05) is 0 Å². The molecule has 0 aliphatic rings. The number of benzene rings is 1. The molecular formula is C11H15N2P. The maximum absolute atomic E-state index is 4.65. The number of imidazole rings is 1. The van der Waals surface area contributed by atoms with Gasteiger partial charge < -0.3 is 4.57 Å². The zero-order chi connectivity index (χ0) is 10.3. The molecule has 2 nitrogen and oxygen atoms in total. The van der Waals surface area contributed by atoms with E-state index < -0.39 is 0 Å². The molecule has 1 aromatic heterocycles. The third-order valence-electron chi connectivity index (χ3n) is 2.49. The fraction of sp³-hybridized carbons (Fsp3) is 0.364. The fourth-order valence-electron chi connectivity index (χ4n) is 1.77. The quantitative estimate of drug-likeness (QED) is 0.654. The van der Waals surface area contributed by atoms with Crippen LogP contribution in [0.25, 0.3) is 11.0 Å². The van der Waals surface area contributed by atoms with Gasteiger partial charge in [-0.15, -0.1) is 9.24 Å². The van der Waals surface area contributed by atoms with Crippen molar-refractivity contribution in [2.24, 2.45) is 7.05 Å². The van der Waals surface area contributed by atoms with Gasteiger partial charge in [0.15, 0.2) is 0 Å². The van der Waals surface area contributed by atoms with E-state index >= 15 is 0 Å². The smallest absolute Gasteiger partial charge is 0.112 e. The van der Waals surface area contributed by atoms with Crippen molar-refractivity contribution in [3.05, 3.63) is 24.0 Å². The van der Waals surface area contributed by atoms with Crippen molar-refractivity contribution in [1.29, 1.82) is 0 Å². The predicted octanol–water partition coefficient (Wildman–Crippen LogP) is 2.20. The van der Waals surface area contributed by atoms with Crippen molar-refractivity contribution in [1.82, 2.24) is 9.55 Å². The molecular weight excluding hydrogens is 191 g/mol. The van der Waals surface area contributed by atoms with E-state index in [0.717, 1.165) is 11.3 Å². The van der Waals surface area contributed by atoms with Gasteiger partial charge in [0.25, 0.3) is 0 Å². The van der Waals surface area contributed by atoms with E-state index in [1.165, 1.54) is 10.8 Å². The molecule has 2 aromatic rings. The minimum Gasteiger partial charge on any atom is -0.331 e. The monoisotopic (exact) mass is 206 g/mol. The minimum atomic E-state index is 0.469. The van der Waals surface area contributed by atoms with Gasteiger partial charge in [0, 0.05) is 13.0 Å². The number of nitrogens with zero attached hydrogens (tertiary/aromatic N) is 2. The minimum absolute atomic E-state index is 0.469. The maximum Gasteiger partial charge on any atom is 0.112 e. The van der Waals surface area contributed by atoms with Crippen LogP contribution in [0.2, 0.25) is 0 Å². The Hall–Kier alpha value is -0.880. The highest BCUT2D eigenvalue weighted by Gasteiger charge is 2.11. The van der Waals surface area contributed by atoms with Crippen LogP contribution in [-0.2, 0) is 7.05 Å². The molecule has 1 atom stereocenters. The molecule has 0 saturated carbocycles. The number of aromatic nitrogens is 2. The Kier molecular flexibility index (Phi) is 2.32. The van der Waals surface area contributed by atoms with Gasteiger partial charge >= 0.3 is 0 Å². The number of fused-ring (bicyclic) bond motifs is 1. The topological polar surface area (TPSA) is 17.8 Å². The van der Waals surface area contributed by atoms with E-state index in [-0.39, 0.29) is 0 Å². The van der Waals surface area contributed by atoms with Crippen LogP contribution in [-0.4, -0.2) is 9.55 Å². The van der Waals surface area contributed by atoms with Gasteiger partial charge in [-0.25, -0.2) is 4.98 Å². The highest BCUT2D eigenvalue weighted by Crippen LogP contribution is 2.19. The van der Waals surface area contributed by atoms with E-state index in [1.54, 1.807) is 0 Å². The first-order valence-electron chi connectivity index (χ1n) is 4.82. The van der Waals surface area contributed by atoms with Crippen LogP contribution in [0.1, 0.15) is 25.6 Å². The van der Waals surface area contributed by atoms with Crippen LogP contribution in [0, 0.1) is 0 Å². The van der Waals surface area contributed by atoms with Gasteiger partial charge in [0.2, 0.25) is 0 Å². The van der Waals surface area contributed by atoms with Crippen molar-refractivity contribution in [3.8, 4) is 0 Å². The molecule has 2 rings (SSSR count).